The topological polar surface area (TPSA) is 69.2 Å². The average Bonchev–Trinajstić information content (AvgIpc) is 2.59. The summed E-state index contributed by atoms with van der Waals surface area (Å²) in [7, 11) is 1.59. The van der Waals surface area contributed by atoms with Crippen LogP contribution in [0.15, 0.2) is 53.6 Å². The summed E-state index contributed by atoms with van der Waals surface area (Å²) in [5.74, 6) is 1.22. The smallest absolute Gasteiger partial charge is 0.428 e. The van der Waals surface area contributed by atoms with Gasteiger partial charge in [-0.2, -0.15) is 5.10 Å². The van der Waals surface area contributed by atoms with Crippen molar-refractivity contribution in [3.8, 4) is 11.5 Å². The maximum Gasteiger partial charge on any atom is 0.428 e. The molecular weight excluding hydrogens is 332 g/mol. The number of hydrogen-bond acceptors (Lipinski definition) is 5. The van der Waals surface area contributed by atoms with Crippen LogP contribution in [0.4, 0.5) is 4.79 Å². The van der Waals surface area contributed by atoms with Crippen molar-refractivity contribution in [1.29, 1.82) is 0 Å². The molecule has 0 aromatic heterocycles. The summed E-state index contributed by atoms with van der Waals surface area (Å²) < 4.78 is 16.3. The highest BCUT2D eigenvalue weighted by Gasteiger charge is 2.15. The van der Waals surface area contributed by atoms with E-state index >= 15 is 0 Å². The molecule has 0 atom stereocenters. The average molecular weight is 356 g/mol. The fourth-order valence-corrected chi connectivity index (χ4v) is 2.08. The minimum Gasteiger partial charge on any atom is -0.493 e. The normalized spacial score (nSPS) is 11.2. The van der Waals surface area contributed by atoms with E-state index in [4.69, 9.17) is 14.2 Å². The number of hydrazone groups is 1. The fraction of sp³-hybridized carbons (Fsp3) is 0.300. The number of ether oxygens (including phenoxy) is 3. The first-order valence-corrected chi connectivity index (χ1v) is 8.24. The number of carbonyl (C=O) groups is 1. The van der Waals surface area contributed by atoms with Gasteiger partial charge >= 0.3 is 6.09 Å². The molecular formula is C20H24N2O4. The van der Waals surface area contributed by atoms with Gasteiger partial charge < -0.3 is 14.2 Å². The van der Waals surface area contributed by atoms with Crippen molar-refractivity contribution in [2.24, 2.45) is 5.10 Å². The van der Waals surface area contributed by atoms with Gasteiger partial charge in [-0.25, -0.2) is 10.2 Å². The standard InChI is InChI=1S/C20H24N2O4/c1-20(2,3)26-19(23)22-21-13-16-10-11-17(24-4)18(12-16)25-14-15-8-6-5-7-9-15/h5-13H,14H2,1-4H3,(H,22,23)/b21-13-. The lowest BCUT2D eigenvalue weighted by Gasteiger charge is -2.18. The zero-order valence-corrected chi connectivity index (χ0v) is 15.5. The van der Waals surface area contributed by atoms with Crippen molar-refractivity contribution >= 4 is 12.3 Å². The molecule has 138 valence electrons. The quantitative estimate of drug-likeness (QED) is 0.624. The summed E-state index contributed by atoms with van der Waals surface area (Å²) in [6, 6.07) is 15.2. The number of rotatable bonds is 6. The minimum atomic E-state index is -0.609. The van der Waals surface area contributed by atoms with E-state index in [2.05, 4.69) is 10.5 Å². The number of nitrogens with zero attached hydrogens (tertiary/aromatic N) is 1. The first kappa shape index (κ1) is 19.3. The summed E-state index contributed by atoms with van der Waals surface area (Å²) >= 11 is 0. The second-order valence-corrected chi connectivity index (χ2v) is 6.56. The van der Waals surface area contributed by atoms with Crippen LogP contribution in [0, 0.1) is 0 Å². The van der Waals surface area contributed by atoms with E-state index < -0.39 is 11.7 Å². The molecule has 1 amide bonds. The summed E-state index contributed by atoms with van der Waals surface area (Å²) in [6.45, 7) is 5.79. The molecule has 0 unspecified atom stereocenters. The Morgan fingerprint density at radius 2 is 1.85 bits per heavy atom. The van der Waals surface area contributed by atoms with Gasteiger partial charge in [0, 0.05) is 0 Å². The van der Waals surface area contributed by atoms with E-state index in [0.717, 1.165) is 11.1 Å². The van der Waals surface area contributed by atoms with Crippen LogP contribution < -0.4 is 14.9 Å². The molecule has 0 aliphatic heterocycles. The summed E-state index contributed by atoms with van der Waals surface area (Å²) in [4.78, 5) is 11.6. The third-order valence-electron chi connectivity index (χ3n) is 3.19. The second-order valence-electron chi connectivity index (χ2n) is 6.56. The third kappa shape index (κ3) is 6.47. The number of amides is 1. The number of benzene rings is 2. The molecule has 26 heavy (non-hydrogen) atoms. The number of nitrogens with one attached hydrogen (secondary N) is 1. The van der Waals surface area contributed by atoms with Crippen molar-refractivity contribution in [3.05, 3.63) is 59.7 Å². The van der Waals surface area contributed by atoms with Gasteiger partial charge in [-0.05, 0) is 50.1 Å². The van der Waals surface area contributed by atoms with E-state index in [0.29, 0.717) is 18.1 Å². The maximum atomic E-state index is 11.6. The van der Waals surface area contributed by atoms with Gasteiger partial charge in [0.2, 0.25) is 0 Å². The summed E-state index contributed by atoms with van der Waals surface area (Å²) in [6.07, 6.45) is 0.904. The largest absolute Gasteiger partial charge is 0.493 e. The Hall–Kier alpha value is -3.02. The number of hydrogen-bond donors (Lipinski definition) is 1. The van der Waals surface area contributed by atoms with Gasteiger partial charge in [-0.1, -0.05) is 30.3 Å². The lowest BCUT2D eigenvalue weighted by atomic mass is 10.2. The molecule has 2 aromatic rings. The molecule has 2 rings (SSSR count). The maximum absolute atomic E-state index is 11.6. The Kier molecular flexibility index (Phi) is 6.60. The lowest BCUT2D eigenvalue weighted by molar-refractivity contribution is 0.0529. The molecule has 0 bridgehead atoms. The first-order valence-electron chi connectivity index (χ1n) is 8.24. The predicted molar refractivity (Wildman–Crippen MR) is 101 cm³/mol. The van der Waals surface area contributed by atoms with Gasteiger partial charge in [-0.15, -0.1) is 0 Å². The molecule has 1 N–H and O–H groups in total. The van der Waals surface area contributed by atoms with Crippen LogP contribution in [0.3, 0.4) is 0 Å². The van der Waals surface area contributed by atoms with E-state index in [1.54, 1.807) is 40.0 Å². The van der Waals surface area contributed by atoms with Crippen molar-refractivity contribution in [2.45, 2.75) is 33.0 Å². The molecule has 0 aliphatic carbocycles. The Balaban J connectivity index is 2.01. The van der Waals surface area contributed by atoms with Crippen molar-refractivity contribution in [2.75, 3.05) is 7.11 Å². The van der Waals surface area contributed by atoms with E-state index in [-0.39, 0.29) is 0 Å². The van der Waals surface area contributed by atoms with Crippen LogP contribution in [0.2, 0.25) is 0 Å². The lowest BCUT2D eigenvalue weighted by Crippen LogP contribution is -2.29. The molecule has 0 fully saturated rings. The molecule has 2 aromatic carbocycles. The SMILES string of the molecule is COc1ccc(/C=N\NC(=O)OC(C)(C)C)cc1OCc1ccccc1. The molecule has 0 spiro atoms. The highest BCUT2D eigenvalue weighted by Crippen LogP contribution is 2.28. The zero-order valence-electron chi connectivity index (χ0n) is 15.5. The van der Waals surface area contributed by atoms with Gasteiger partial charge in [0.05, 0.1) is 13.3 Å². The first-order chi connectivity index (χ1) is 12.4. The minimum absolute atomic E-state index is 0.425. The highest BCUT2D eigenvalue weighted by molar-refractivity contribution is 5.82. The molecule has 0 saturated carbocycles. The molecule has 0 heterocycles. The predicted octanol–water partition coefficient (Wildman–Crippen LogP) is 4.13. The van der Waals surface area contributed by atoms with Crippen molar-refractivity contribution in [1.82, 2.24) is 5.43 Å². The van der Waals surface area contributed by atoms with Crippen LogP contribution in [0.5, 0.6) is 11.5 Å². The van der Waals surface area contributed by atoms with Crippen LogP contribution in [0.1, 0.15) is 31.9 Å². The highest BCUT2D eigenvalue weighted by atomic mass is 16.6. The number of carbonyl (C=O) groups excluding carboxylic acids is 1. The summed E-state index contributed by atoms with van der Waals surface area (Å²) in [5, 5.41) is 3.89. The fourth-order valence-electron chi connectivity index (χ4n) is 2.08. The number of methoxy groups -OCH3 is 1. The molecule has 0 radical (unpaired) electrons. The van der Waals surface area contributed by atoms with Gasteiger partial charge in [-0.3, -0.25) is 0 Å². The molecule has 6 nitrogen and oxygen atoms in total. The zero-order chi connectivity index (χ0) is 19.0. The Morgan fingerprint density at radius 1 is 1.12 bits per heavy atom. The van der Waals surface area contributed by atoms with Gasteiger partial charge in [0.25, 0.3) is 0 Å². The molecule has 0 saturated heterocycles. The van der Waals surface area contributed by atoms with E-state index in [9.17, 15) is 4.79 Å². The Morgan fingerprint density at radius 3 is 2.50 bits per heavy atom. The molecule has 6 heteroatoms. The monoisotopic (exact) mass is 356 g/mol. The van der Waals surface area contributed by atoms with Crippen molar-refractivity contribution in [3.63, 3.8) is 0 Å². The van der Waals surface area contributed by atoms with Crippen LogP contribution in [-0.2, 0) is 11.3 Å². The Bertz CT molecular complexity index is 752. The van der Waals surface area contributed by atoms with Crippen LogP contribution >= 0.6 is 0 Å². The van der Waals surface area contributed by atoms with Crippen molar-refractivity contribution < 1.29 is 19.0 Å². The molecule has 0 aliphatic rings. The Labute approximate surface area is 153 Å². The summed E-state index contributed by atoms with van der Waals surface area (Å²) in [5.41, 5.74) is 3.57. The van der Waals surface area contributed by atoms with E-state index in [1.807, 2.05) is 36.4 Å². The van der Waals surface area contributed by atoms with Crippen LogP contribution in [-0.4, -0.2) is 25.0 Å². The third-order valence-corrected chi connectivity index (χ3v) is 3.19. The van der Waals surface area contributed by atoms with Gasteiger partial charge in [0.1, 0.15) is 12.2 Å². The van der Waals surface area contributed by atoms with E-state index in [1.165, 1.54) is 6.21 Å². The van der Waals surface area contributed by atoms with Gasteiger partial charge in [0.15, 0.2) is 11.5 Å². The second kappa shape index (κ2) is 8.89. The van der Waals surface area contributed by atoms with Crippen LogP contribution in [0.25, 0.3) is 0 Å².